The first-order valence-electron chi connectivity index (χ1n) is 2.78. The van der Waals surface area contributed by atoms with Gasteiger partial charge in [0, 0.05) is 0 Å². The Balaban J connectivity index is 1.90. The molecule has 0 saturated heterocycles. The first kappa shape index (κ1) is 4.68. The van der Waals surface area contributed by atoms with Crippen LogP contribution in [0.4, 0.5) is 0 Å². The zero-order valence-corrected chi connectivity index (χ0v) is 5.24. The van der Waals surface area contributed by atoms with Crippen LogP contribution in [0.3, 0.4) is 0 Å². The van der Waals surface area contributed by atoms with Crippen molar-refractivity contribution in [3.8, 4) is 0 Å². The van der Waals surface area contributed by atoms with Gasteiger partial charge in [0.1, 0.15) is 5.37 Å². The van der Waals surface area contributed by atoms with Gasteiger partial charge in [-0.05, 0) is 18.8 Å². The van der Waals surface area contributed by atoms with Crippen molar-refractivity contribution in [2.45, 2.75) is 12.8 Å². The summed E-state index contributed by atoms with van der Waals surface area (Å²) in [5.74, 6) is 0.836. The molecule has 1 aliphatic heterocycles. The van der Waals surface area contributed by atoms with Gasteiger partial charge >= 0.3 is 0 Å². The summed E-state index contributed by atoms with van der Waals surface area (Å²) in [4.78, 5) is 0. The number of hydrogen-bond acceptors (Lipinski definition) is 3. The smallest absolute Gasteiger partial charge is 0.142 e. The van der Waals surface area contributed by atoms with E-state index in [1.165, 1.54) is 18.2 Å². The van der Waals surface area contributed by atoms with E-state index in [4.69, 9.17) is 0 Å². The van der Waals surface area contributed by atoms with E-state index in [1.807, 2.05) is 5.55 Å². The maximum Gasteiger partial charge on any atom is 0.142 e. The van der Waals surface area contributed by atoms with Gasteiger partial charge in [-0.25, -0.2) is 0 Å². The summed E-state index contributed by atoms with van der Waals surface area (Å²) >= 11 is 1.73. The van der Waals surface area contributed by atoms with Gasteiger partial charge in [-0.15, -0.1) is 0 Å². The molecule has 0 aromatic heterocycles. The number of nitrogens with zero attached hydrogens (tertiary/aromatic N) is 1. The van der Waals surface area contributed by atoms with E-state index in [0.29, 0.717) is 0 Å². The minimum Gasteiger partial charge on any atom is -0.289 e. The van der Waals surface area contributed by atoms with Gasteiger partial charge in [-0.2, -0.15) is 5.10 Å². The van der Waals surface area contributed by atoms with Gasteiger partial charge in [0.15, 0.2) is 0 Å². The largest absolute Gasteiger partial charge is 0.289 e. The second-order valence-electron chi connectivity index (χ2n) is 2.10. The molecule has 0 aromatic carbocycles. The average Bonchev–Trinajstić information content (AvgIpc) is 2.49. The molecule has 1 heterocycles. The fourth-order valence-corrected chi connectivity index (χ4v) is 1.49. The van der Waals surface area contributed by atoms with Crippen molar-refractivity contribution in [1.82, 2.24) is 5.43 Å². The van der Waals surface area contributed by atoms with Gasteiger partial charge in [-0.3, -0.25) is 5.43 Å². The molecule has 2 nitrogen and oxygen atoms in total. The van der Waals surface area contributed by atoms with Crippen molar-refractivity contribution in [3.05, 3.63) is 5.37 Å². The van der Waals surface area contributed by atoms with E-state index in [1.54, 1.807) is 11.8 Å². The molecule has 2 aliphatic rings. The van der Waals surface area contributed by atoms with Crippen LogP contribution in [0.5, 0.6) is 0 Å². The van der Waals surface area contributed by atoms with Crippen LogP contribution in [0.1, 0.15) is 12.8 Å². The normalized spacial score (nSPS) is 28.5. The molecule has 1 saturated carbocycles. The third kappa shape index (κ3) is 0.708. The maximum absolute atomic E-state index is 3.88. The van der Waals surface area contributed by atoms with E-state index < -0.39 is 0 Å². The summed E-state index contributed by atoms with van der Waals surface area (Å²) in [5, 5.41) is 5.23. The summed E-state index contributed by atoms with van der Waals surface area (Å²) in [6.45, 7) is 0. The number of hydrogen-bond donors (Lipinski definition) is 1. The highest BCUT2D eigenvalue weighted by molar-refractivity contribution is 8.14. The van der Waals surface area contributed by atoms with Gasteiger partial charge in [0.05, 0.1) is 5.55 Å². The Kier molecular flexibility index (Phi) is 0.966. The number of thioether (sulfide) groups is 1. The molecule has 43 valence electrons. The fraction of sp³-hybridized carbons (Fsp3) is 0.600. The summed E-state index contributed by atoms with van der Waals surface area (Å²) < 4.78 is 0. The lowest BCUT2D eigenvalue weighted by molar-refractivity contribution is 0.763. The molecule has 1 fully saturated rings. The molecule has 0 atom stereocenters. The lowest BCUT2D eigenvalue weighted by Crippen LogP contribution is -2.07. The van der Waals surface area contributed by atoms with Crippen molar-refractivity contribution in [2.24, 2.45) is 11.0 Å². The molecular weight excluding hydrogens is 120 g/mol. The Hall–Kier alpha value is -0.180. The first-order valence-corrected chi connectivity index (χ1v) is 3.66. The molecule has 8 heavy (non-hydrogen) atoms. The second kappa shape index (κ2) is 1.65. The highest BCUT2D eigenvalue weighted by Gasteiger charge is 2.33. The van der Waals surface area contributed by atoms with Gasteiger partial charge in [-0.1, -0.05) is 11.8 Å². The predicted molar refractivity (Wildman–Crippen MR) is 35.2 cm³/mol. The lowest BCUT2D eigenvalue weighted by atomic mass is 10.4. The average molecular weight is 127 g/mol. The van der Waals surface area contributed by atoms with Crippen LogP contribution >= 0.6 is 11.8 Å². The summed E-state index contributed by atoms with van der Waals surface area (Å²) in [5.41, 5.74) is 4.82. The highest BCUT2D eigenvalue weighted by Crippen LogP contribution is 2.43. The minimum absolute atomic E-state index is 0.836. The molecule has 0 spiro atoms. The van der Waals surface area contributed by atoms with Gasteiger partial charge in [0.2, 0.25) is 0 Å². The summed E-state index contributed by atoms with van der Waals surface area (Å²) in [6, 6.07) is 0. The zero-order chi connectivity index (χ0) is 5.40. The van der Waals surface area contributed by atoms with Gasteiger partial charge in [0.25, 0.3) is 0 Å². The SMILES string of the molecule is C1=NN[C](C2CC2)S1. The molecule has 0 bridgehead atoms. The van der Waals surface area contributed by atoms with E-state index in [9.17, 15) is 0 Å². The van der Waals surface area contributed by atoms with Crippen LogP contribution < -0.4 is 5.43 Å². The van der Waals surface area contributed by atoms with Crippen molar-refractivity contribution >= 4 is 17.3 Å². The van der Waals surface area contributed by atoms with Crippen molar-refractivity contribution in [2.75, 3.05) is 0 Å². The Morgan fingerprint density at radius 2 is 2.62 bits per heavy atom. The molecule has 2 rings (SSSR count). The molecule has 0 aromatic rings. The lowest BCUT2D eigenvalue weighted by Gasteiger charge is -2.01. The topological polar surface area (TPSA) is 24.4 Å². The van der Waals surface area contributed by atoms with Crippen LogP contribution in [-0.4, -0.2) is 5.55 Å². The zero-order valence-electron chi connectivity index (χ0n) is 4.42. The molecule has 1 aliphatic carbocycles. The molecule has 0 amide bonds. The van der Waals surface area contributed by atoms with Crippen molar-refractivity contribution in [3.63, 3.8) is 0 Å². The summed E-state index contributed by atoms with van der Waals surface area (Å²) in [6.07, 6.45) is 2.72. The molecule has 1 radical (unpaired) electrons. The second-order valence-corrected chi connectivity index (χ2v) is 2.99. The van der Waals surface area contributed by atoms with Crippen LogP contribution in [0, 0.1) is 11.3 Å². The molecular formula is C5H7N2S. The van der Waals surface area contributed by atoms with E-state index in [2.05, 4.69) is 10.5 Å². The number of hydrazone groups is 1. The maximum atomic E-state index is 3.88. The Morgan fingerprint density at radius 1 is 1.75 bits per heavy atom. The van der Waals surface area contributed by atoms with E-state index in [0.717, 1.165) is 5.92 Å². The van der Waals surface area contributed by atoms with E-state index >= 15 is 0 Å². The van der Waals surface area contributed by atoms with Crippen LogP contribution in [0.15, 0.2) is 5.10 Å². The monoisotopic (exact) mass is 127 g/mol. The summed E-state index contributed by atoms with van der Waals surface area (Å²) in [7, 11) is 0. The molecule has 1 N–H and O–H groups in total. The predicted octanol–water partition coefficient (Wildman–Crippen LogP) is 1.17. The fourth-order valence-electron chi connectivity index (χ4n) is 0.732. The Labute approximate surface area is 52.7 Å². The van der Waals surface area contributed by atoms with Crippen LogP contribution in [0.25, 0.3) is 0 Å². The van der Waals surface area contributed by atoms with E-state index in [-0.39, 0.29) is 0 Å². The third-order valence-corrected chi connectivity index (χ3v) is 2.24. The van der Waals surface area contributed by atoms with Crippen molar-refractivity contribution in [1.29, 1.82) is 0 Å². The van der Waals surface area contributed by atoms with Crippen molar-refractivity contribution < 1.29 is 0 Å². The first-order chi connectivity index (χ1) is 3.97. The number of nitrogens with one attached hydrogen (secondary N) is 1. The highest BCUT2D eigenvalue weighted by atomic mass is 32.2. The minimum atomic E-state index is 0.836. The molecule has 3 heteroatoms. The number of rotatable bonds is 1. The quantitative estimate of drug-likeness (QED) is 0.571. The van der Waals surface area contributed by atoms with Gasteiger partial charge < -0.3 is 0 Å². The Morgan fingerprint density at radius 3 is 3.12 bits per heavy atom. The molecule has 0 unspecified atom stereocenters. The van der Waals surface area contributed by atoms with Crippen LogP contribution in [-0.2, 0) is 0 Å². The Bertz CT molecular complexity index is 112. The van der Waals surface area contributed by atoms with Crippen LogP contribution in [0.2, 0.25) is 0 Å². The third-order valence-electron chi connectivity index (χ3n) is 1.36. The standard InChI is InChI=1S/C5H7N2S/c1-2-4(1)5-7-6-3-8-5/h3-4,7H,1-2H2.